The lowest BCUT2D eigenvalue weighted by molar-refractivity contribution is -0.121. The Balaban J connectivity index is 1.43. The van der Waals surface area contributed by atoms with E-state index in [1.54, 1.807) is 13.2 Å². The number of nitrogens with two attached hydrogens (primary N) is 1. The lowest BCUT2D eigenvalue weighted by atomic mass is 10.0. The van der Waals surface area contributed by atoms with Crippen LogP contribution in [0.2, 0.25) is 0 Å². The second-order valence-corrected chi connectivity index (χ2v) is 10.8. The van der Waals surface area contributed by atoms with Gasteiger partial charge in [-0.3, -0.25) is 9.59 Å². The predicted molar refractivity (Wildman–Crippen MR) is 156 cm³/mol. The molecule has 1 unspecified atom stereocenters. The van der Waals surface area contributed by atoms with Crippen LogP contribution in [0.25, 0.3) is 0 Å². The molecule has 8 nitrogen and oxygen atoms in total. The van der Waals surface area contributed by atoms with Crippen molar-refractivity contribution in [3.8, 4) is 18.1 Å². The zero-order valence-corrected chi connectivity index (χ0v) is 23.8. The van der Waals surface area contributed by atoms with Gasteiger partial charge in [0.15, 0.2) is 0 Å². The van der Waals surface area contributed by atoms with Crippen molar-refractivity contribution in [3.05, 3.63) is 65.0 Å². The summed E-state index contributed by atoms with van der Waals surface area (Å²) in [6.45, 7) is 1.58. The number of aliphatic hydroxyl groups excluding tert-OH is 1. The van der Waals surface area contributed by atoms with Crippen molar-refractivity contribution in [2.24, 2.45) is 11.7 Å². The maximum absolute atomic E-state index is 14.4. The third-order valence-electron chi connectivity index (χ3n) is 7.30. The monoisotopic (exact) mass is 567 g/mol. The highest BCUT2D eigenvalue weighted by Crippen LogP contribution is 2.45. The molecule has 2 aromatic rings. The third kappa shape index (κ3) is 11.2. The summed E-state index contributed by atoms with van der Waals surface area (Å²) in [4.78, 5) is 22.7. The van der Waals surface area contributed by atoms with E-state index >= 15 is 0 Å². The standard InChI is InChI=1S/C32H42FN3O5/c1-3-23-6-4-7-26(16-23)32(13-14-32)36-20-28(37)11-10-24-17-27(33)19-29(18-24)41-22-25(21-40-2)12-15-35-31(39)9-5-8-30(34)38/h1,4,6-7,16-19,25,28,36-37H,5,8-15,20-22H2,2H3,(H2,34,38)(H,35,39)/t25?,28-/m0/s1. The quantitative estimate of drug-likeness (QED) is 0.194. The van der Waals surface area contributed by atoms with E-state index in [-0.39, 0.29) is 30.2 Å². The molecule has 2 aromatic carbocycles. The van der Waals surface area contributed by atoms with Crippen LogP contribution in [0.4, 0.5) is 4.39 Å². The summed E-state index contributed by atoms with van der Waals surface area (Å²) < 4.78 is 25.5. The summed E-state index contributed by atoms with van der Waals surface area (Å²) in [5.74, 6) is 2.11. The van der Waals surface area contributed by atoms with E-state index in [1.165, 1.54) is 12.1 Å². The number of benzene rings is 2. The third-order valence-corrected chi connectivity index (χ3v) is 7.30. The van der Waals surface area contributed by atoms with Gasteiger partial charge in [-0.05, 0) is 73.9 Å². The lowest BCUT2D eigenvalue weighted by Crippen LogP contribution is -2.36. The molecule has 1 fully saturated rings. The first kappa shape index (κ1) is 32.1. The second kappa shape index (κ2) is 16.1. The van der Waals surface area contributed by atoms with Crippen molar-refractivity contribution in [2.45, 2.75) is 63.0 Å². The molecule has 1 aliphatic carbocycles. The SMILES string of the molecule is C#Cc1cccc(C2(NC[C@@H](O)CCc3cc(F)cc(OCC(CCNC(=O)CCCC(N)=O)COC)c3)CC2)c1. The number of carbonyl (C=O) groups is 2. The molecule has 1 saturated carbocycles. The number of hydrogen-bond acceptors (Lipinski definition) is 6. The Morgan fingerprint density at radius 3 is 2.68 bits per heavy atom. The number of halogens is 1. The van der Waals surface area contributed by atoms with Gasteiger partial charge in [0.1, 0.15) is 11.6 Å². The average molecular weight is 568 g/mol. The summed E-state index contributed by atoms with van der Waals surface area (Å²) in [6, 6.07) is 12.5. The van der Waals surface area contributed by atoms with Gasteiger partial charge in [-0.2, -0.15) is 0 Å². The molecule has 3 rings (SSSR count). The van der Waals surface area contributed by atoms with E-state index in [0.29, 0.717) is 57.7 Å². The minimum Gasteiger partial charge on any atom is -0.493 e. The Bertz CT molecular complexity index is 1190. The van der Waals surface area contributed by atoms with E-state index in [0.717, 1.165) is 29.5 Å². The van der Waals surface area contributed by atoms with Crippen molar-refractivity contribution in [3.63, 3.8) is 0 Å². The molecule has 41 heavy (non-hydrogen) atoms. The molecule has 0 spiro atoms. The van der Waals surface area contributed by atoms with Gasteiger partial charge >= 0.3 is 0 Å². The summed E-state index contributed by atoms with van der Waals surface area (Å²) in [5, 5.41) is 17.0. The van der Waals surface area contributed by atoms with Crippen LogP contribution in [0, 0.1) is 24.1 Å². The van der Waals surface area contributed by atoms with Gasteiger partial charge in [0.25, 0.3) is 0 Å². The van der Waals surface area contributed by atoms with Gasteiger partial charge < -0.3 is 30.9 Å². The maximum Gasteiger partial charge on any atom is 0.220 e. The Hall–Kier alpha value is -3.45. The molecule has 0 aromatic heterocycles. The number of aryl methyl sites for hydroxylation is 1. The van der Waals surface area contributed by atoms with Crippen molar-refractivity contribution in [1.82, 2.24) is 10.6 Å². The van der Waals surface area contributed by atoms with Crippen LogP contribution in [-0.2, 0) is 26.3 Å². The number of primary amides is 1. The van der Waals surface area contributed by atoms with E-state index < -0.39 is 17.8 Å². The maximum atomic E-state index is 14.4. The van der Waals surface area contributed by atoms with Crippen molar-refractivity contribution in [1.29, 1.82) is 0 Å². The van der Waals surface area contributed by atoms with Gasteiger partial charge in [0, 0.05) is 56.1 Å². The molecule has 9 heteroatoms. The smallest absolute Gasteiger partial charge is 0.220 e. The van der Waals surface area contributed by atoms with Crippen molar-refractivity contribution < 1.29 is 28.6 Å². The fraction of sp³-hybridized carbons (Fsp3) is 0.500. The molecule has 0 heterocycles. The number of hydrogen-bond donors (Lipinski definition) is 4. The van der Waals surface area contributed by atoms with Crippen LogP contribution in [-0.4, -0.2) is 56.4 Å². The normalized spacial score (nSPS) is 15.0. The van der Waals surface area contributed by atoms with Crippen LogP contribution in [0.1, 0.15) is 61.6 Å². The second-order valence-electron chi connectivity index (χ2n) is 10.8. The van der Waals surface area contributed by atoms with E-state index in [2.05, 4.69) is 22.6 Å². The highest BCUT2D eigenvalue weighted by atomic mass is 19.1. The van der Waals surface area contributed by atoms with Crippen LogP contribution < -0.4 is 21.1 Å². The largest absolute Gasteiger partial charge is 0.493 e. The van der Waals surface area contributed by atoms with E-state index in [9.17, 15) is 19.1 Å². The number of rotatable bonds is 19. The minimum absolute atomic E-state index is 0.0124. The molecule has 0 radical (unpaired) electrons. The summed E-state index contributed by atoms with van der Waals surface area (Å²) in [6.07, 6.45) is 9.37. The molecule has 222 valence electrons. The zero-order valence-electron chi connectivity index (χ0n) is 23.8. The molecule has 0 aliphatic heterocycles. The molecule has 1 aliphatic rings. The Morgan fingerprint density at radius 1 is 1.17 bits per heavy atom. The highest BCUT2D eigenvalue weighted by molar-refractivity contribution is 5.77. The predicted octanol–water partition coefficient (Wildman–Crippen LogP) is 3.18. The first-order chi connectivity index (χ1) is 19.7. The number of carbonyl (C=O) groups excluding carboxylic acids is 2. The van der Waals surface area contributed by atoms with Gasteiger partial charge in [-0.25, -0.2) is 4.39 Å². The molecule has 0 saturated heterocycles. The van der Waals surface area contributed by atoms with Gasteiger partial charge in [0.05, 0.1) is 19.3 Å². The fourth-order valence-electron chi connectivity index (χ4n) is 4.79. The molecular weight excluding hydrogens is 525 g/mol. The van der Waals surface area contributed by atoms with Gasteiger partial charge in [0.2, 0.25) is 11.8 Å². The summed E-state index contributed by atoms with van der Waals surface area (Å²) >= 11 is 0. The van der Waals surface area contributed by atoms with Crippen LogP contribution in [0.3, 0.4) is 0 Å². The first-order valence-corrected chi connectivity index (χ1v) is 14.2. The van der Waals surface area contributed by atoms with E-state index in [1.807, 2.05) is 18.2 Å². The molecule has 0 bridgehead atoms. The fourth-order valence-corrected chi connectivity index (χ4v) is 4.79. The van der Waals surface area contributed by atoms with Crippen LogP contribution in [0.15, 0.2) is 42.5 Å². The topological polar surface area (TPSA) is 123 Å². The number of ether oxygens (including phenoxy) is 2. The van der Waals surface area contributed by atoms with Gasteiger partial charge in [-0.1, -0.05) is 18.1 Å². The Morgan fingerprint density at radius 2 is 1.98 bits per heavy atom. The minimum atomic E-state index is -0.590. The van der Waals surface area contributed by atoms with E-state index in [4.69, 9.17) is 21.6 Å². The Kier molecular flexibility index (Phi) is 12.6. The Labute approximate surface area is 242 Å². The molecule has 5 N–H and O–H groups in total. The molecular formula is C32H42FN3O5. The number of aliphatic hydroxyl groups is 1. The van der Waals surface area contributed by atoms with Crippen molar-refractivity contribution >= 4 is 11.8 Å². The molecule has 2 amide bonds. The number of methoxy groups -OCH3 is 1. The molecule has 2 atom stereocenters. The van der Waals surface area contributed by atoms with Crippen LogP contribution >= 0.6 is 0 Å². The number of terminal acetylenes is 1. The summed E-state index contributed by atoms with van der Waals surface area (Å²) in [7, 11) is 1.59. The first-order valence-electron chi connectivity index (χ1n) is 14.2. The average Bonchev–Trinajstić information content (AvgIpc) is 3.74. The lowest BCUT2D eigenvalue weighted by Gasteiger charge is -2.21. The van der Waals surface area contributed by atoms with Crippen molar-refractivity contribution in [2.75, 3.05) is 33.4 Å². The number of amides is 2. The van der Waals surface area contributed by atoms with Gasteiger partial charge in [-0.15, -0.1) is 6.42 Å². The zero-order chi connectivity index (χ0) is 29.7. The number of nitrogens with one attached hydrogen (secondary N) is 2. The summed E-state index contributed by atoms with van der Waals surface area (Å²) in [5.41, 5.74) is 7.68. The highest BCUT2D eigenvalue weighted by Gasteiger charge is 2.44. The van der Waals surface area contributed by atoms with Crippen LogP contribution in [0.5, 0.6) is 5.75 Å².